The molecule has 4 heteroatoms. The molecule has 1 unspecified atom stereocenters. The van der Waals surface area contributed by atoms with E-state index in [1.165, 1.54) is 0 Å². The van der Waals surface area contributed by atoms with Crippen molar-refractivity contribution in [2.75, 3.05) is 0 Å². The maximum Gasteiger partial charge on any atom is 0.101 e. The van der Waals surface area contributed by atoms with Crippen molar-refractivity contribution >= 4 is 17.2 Å². The Bertz CT molecular complexity index is 230. The highest BCUT2D eigenvalue weighted by Gasteiger charge is 2.10. The Kier molecular flexibility index (Phi) is 2.59. The van der Waals surface area contributed by atoms with Crippen molar-refractivity contribution in [3.63, 3.8) is 0 Å². The topological polar surface area (TPSA) is 43.8 Å². The molecule has 0 bridgehead atoms. The molecule has 1 aromatic rings. The van der Waals surface area contributed by atoms with Crippen LogP contribution in [0, 0.1) is 0 Å². The molecule has 0 saturated heterocycles. The summed E-state index contributed by atoms with van der Waals surface area (Å²) in [6.45, 7) is 2.03. The van der Waals surface area contributed by atoms with Gasteiger partial charge in [-0.25, -0.2) is 0 Å². The molecule has 0 saturated carbocycles. The van der Waals surface area contributed by atoms with Crippen LogP contribution in [0.5, 0.6) is 0 Å². The monoisotopic (exact) mass is 169 g/mol. The number of aromatic nitrogens is 2. The third-order valence-corrected chi connectivity index (χ3v) is 1.83. The summed E-state index contributed by atoms with van der Waals surface area (Å²) in [6, 6.07) is 1.93. The van der Waals surface area contributed by atoms with Gasteiger partial charge < -0.3 is 5.73 Å². The van der Waals surface area contributed by atoms with Crippen LogP contribution < -0.4 is 5.73 Å². The Hall–Kier alpha value is -0.900. The Morgan fingerprint density at radius 3 is 2.91 bits per heavy atom. The fourth-order valence-electron chi connectivity index (χ4n) is 0.984. The molecule has 1 heterocycles. The molecule has 1 atom stereocenters. The quantitative estimate of drug-likeness (QED) is 0.689. The third-order valence-electron chi connectivity index (χ3n) is 1.56. The molecule has 60 valence electrons. The van der Waals surface area contributed by atoms with Crippen LogP contribution in [0.3, 0.4) is 0 Å². The molecule has 0 spiro atoms. The number of hydrogen-bond acceptors (Lipinski definition) is 2. The molecule has 1 aromatic heterocycles. The summed E-state index contributed by atoms with van der Waals surface area (Å²) in [6.07, 6.45) is 4.48. The van der Waals surface area contributed by atoms with E-state index in [-0.39, 0.29) is 6.04 Å². The van der Waals surface area contributed by atoms with Crippen LogP contribution in [0.4, 0.5) is 0 Å². The normalized spacial score (nSPS) is 12.8. The van der Waals surface area contributed by atoms with Gasteiger partial charge in [0, 0.05) is 12.4 Å². The zero-order valence-electron chi connectivity index (χ0n) is 6.40. The van der Waals surface area contributed by atoms with Gasteiger partial charge in [0.2, 0.25) is 0 Å². The molecule has 11 heavy (non-hydrogen) atoms. The molecule has 0 fully saturated rings. The highest BCUT2D eigenvalue weighted by Crippen LogP contribution is 2.08. The average Bonchev–Trinajstić information content (AvgIpc) is 2.40. The maximum atomic E-state index is 5.51. The van der Waals surface area contributed by atoms with Crippen LogP contribution in [-0.2, 0) is 0 Å². The number of nitrogens with zero attached hydrogens (tertiary/aromatic N) is 2. The Morgan fingerprint density at radius 1 is 1.82 bits per heavy atom. The van der Waals surface area contributed by atoms with Crippen molar-refractivity contribution in [2.24, 2.45) is 5.73 Å². The predicted molar refractivity (Wildman–Crippen MR) is 48.3 cm³/mol. The molecule has 3 nitrogen and oxygen atoms in total. The molecular formula is C7H11N3S. The van der Waals surface area contributed by atoms with E-state index in [2.05, 4.69) is 5.10 Å². The lowest BCUT2D eigenvalue weighted by molar-refractivity contribution is 0.554. The molecule has 0 aliphatic carbocycles. The summed E-state index contributed by atoms with van der Waals surface area (Å²) >= 11 is 4.88. The minimum Gasteiger partial charge on any atom is -0.392 e. The lowest BCUT2D eigenvalue weighted by atomic mass is 10.2. The van der Waals surface area contributed by atoms with E-state index in [9.17, 15) is 0 Å². The molecule has 2 N–H and O–H groups in total. The Balaban J connectivity index is 2.79. The second kappa shape index (κ2) is 3.48. The van der Waals surface area contributed by atoms with Gasteiger partial charge in [0.1, 0.15) is 6.04 Å². The summed E-state index contributed by atoms with van der Waals surface area (Å²) in [5.74, 6) is 0. The van der Waals surface area contributed by atoms with Gasteiger partial charge in [0.05, 0.1) is 4.99 Å². The SMILES string of the molecule is CCC(C(N)=S)n1cccn1. The van der Waals surface area contributed by atoms with Crippen LogP contribution in [-0.4, -0.2) is 14.8 Å². The number of thiocarbonyl (C=S) groups is 1. The number of rotatable bonds is 3. The smallest absolute Gasteiger partial charge is 0.101 e. The summed E-state index contributed by atoms with van der Waals surface area (Å²) in [5, 5.41) is 4.06. The first-order chi connectivity index (χ1) is 5.25. The first kappa shape index (κ1) is 8.20. The van der Waals surface area contributed by atoms with Gasteiger partial charge in [0.25, 0.3) is 0 Å². The van der Waals surface area contributed by atoms with E-state index < -0.39 is 0 Å². The summed E-state index contributed by atoms with van der Waals surface area (Å²) in [4.78, 5) is 0.496. The minimum atomic E-state index is 0.0694. The van der Waals surface area contributed by atoms with Gasteiger partial charge in [-0.1, -0.05) is 19.1 Å². The van der Waals surface area contributed by atoms with Crippen LogP contribution in [0.1, 0.15) is 19.4 Å². The van der Waals surface area contributed by atoms with Crippen molar-refractivity contribution in [2.45, 2.75) is 19.4 Å². The molecule has 0 amide bonds. The molecular weight excluding hydrogens is 158 g/mol. The highest BCUT2D eigenvalue weighted by molar-refractivity contribution is 7.80. The van der Waals surface area contributed by atoms with Gasteiger partial charge in [0.15, 0.2) is 0 Å². The summed E-state index contributed by atoms with van der Waals surface area (Å²) in [7, 11) is 0. The lowest BCUT2D eigenvalue weighted by Gasteiger charge is -2.12. The lowest BCUT2D eigenvalue weighted by Crippen LogP contribution is -2.24. The van der Waals surface area contributed by atoms with Crippen LogP contribution >= 0.6 is 12.2 Å². The molecule has 0 aliphatic rings. The van der Waals surface area contributed by atoms with Gasteiger partial charge in [-0.05, 0) is 12.5 Å². The van der Waals surface area contributed by atoms with E-state index in [4.69, 9.17) is 18.0 Å². The molecule has 0 aromatic carbocycles. The predicted octanol–water partition coefficient (Wildman–Crippen LogP) is 1.12. The molecule has 1 rings (SSSR count). The van der Waals surface area contributed by atoms with Gasteiger partial charge >= 0.3 is 0 Å². The fraction of sp³-hybridized carbons (Fsp3) is 0.429. The Labute approximate surface area is 71.2 Å². The van der Waals surface area contributed by atoms with Gasteiger partial charge in [-0.3, -0.25) is 4.68 Å². The number of nitrogens with two attached hydrogens (primary N) is 1. The Morgan fingerprint density at radius 2 is 2.55 bits per heavy atom. The van der Waals surface area contributed by atoms with Crippen molar-refractivity contribution in [3.05, 3.63) is 18.5 Å². The first-order valence-corrected chi connectivity index (χ1v) is 3.95. The first-order valence-electron chi connectivity index (χ1n) is 3.54. The second-order valence-corrected chi connectivity index (χ2v) is 2.78. The molecule has 0 radical (unpaired) electrons. The van der Waals surface area contributed by atoms with Gasteiger partial charge in [-0.2, -0.15) is 5.10 Å². The standard InChI is InChI=1S/C7H11N3S/c1-2-6(7(8)11)10-5-3-4-9-10/h3-6H,2H2,1H3,(H2,8,11). The van der Waals surface area contributed by atoms with E-state index in [0.29, 0.717) is 4.99 Å². The zero-order valence-corrected chi connectivity index (χ0v) is 7.21. The second-order valence-electron chi connectivity index (χ2n) is 2.31. The average molecular weight is 169 g/mol. The van der Waals surface area contributed by atoms with Gasteiger partial charge in [-0.15, -0.1) is 0 Å². The number of hydrogen-bond donors (Lipinski definition) is 1. The fourth-order valence-corrected chi connectivity index (χ4v) is 1.26. The van der Waals surface area contributed by atoms with Crippen LogP contribution in [0.25, 0.3) is 0 Å². The van der Waals surface area contributed by atoms with Crippen LogP contribution in [0.15, 0.2) is 18.5 Å². The van der Waals surface area contributed by atoms with E-state index in [1.54, 1.807) is 10.9 Å². The van der Waals surface area contributed by atoms with Crippen molar-refractivity contribution < 1.29 is 0 Å². The van der Waals surface area contributed by atoms with Crippen molar-refractivity contribution in [3.8, 4) is 0 Å². The van der Waals surface area contributed by atoms with E-state index >= 15 is 0 Å². The minimum absolute atomic E-state index is 0.0694. The zero-order chi connectivity index (χ0) is 8.27. The third kappa shape index (κ3) is 1.77. The van der Waals surface area contributed by atoms with Crippen molar-refractivity contribution in [1.29, 1.82) is 0 Å². The summed E-state index contributed by atoms with van der Waals surface area (Å²) < 4.78 is 1.78. The van der Waals surface area contributed by atoms with E-state index in [0.717, 1.165) is 6.42 Å². The van der Waals surface area contributed by atoms with E-state index in [1.807, 2.05) is 19.2 Å². The summed E-state index contributed by atoms with van der Waals surface area (Å²) in [5.41, 5.74) is 5.51. The highest BCUT2D eigenvalue weighted by atomic mass is 32.1. The van der Waals surface area contributed by atoms with Crippen LogP contribution in [0.2, 0.25) is 0 Å². The largest absolute Gasteiger partial charge is 0.392 e. The molecule has 0 aliphatic heterocycles. The maximum absolute atomic E-state index is 5.51. The van der Waals surface area contributed by atoms with Crippen molar-refractivity contribution in [1.82, 2.24) is 9.78 Å².